The Morgan fingerprint density at radius 1 is 0.320 bits per heavy atom. The maximum atomic E-state index is 13.1. The van der Waals surface area contributed by atoms with Gasteiger partial charge in [0.15, 0.2) is 12.2 Å². The maximum Gasteiger partial charge on any atom is 0.472 e. The third-order valence-electron chi connectivity index (χ3n) is 17.6. The minimum absolute atomic E-state index is 0.102. The number of carbonyl (C=O) groups excluding carboxylic acids is 4. The van der Waals surface area contributed by atoms with Gasteiger partial charge in [0, 0.05) is 25.7 Å². The summed E-state index contributed by atoms with van der Waals surface area (Å²) in [6.45, 7) is 9.46. The molecule has 572 valence electrons. The lowest BCUT2D eigenvalue weighted by Gasteiger charge is -2.21. The van der Waals surface area contributed by atoms with Crippen LogP contribution in [0.3, 0.4) is 0 Å². The first-order valence-electron chi connectivity index (χ1n) is 39.8. The molecule has 0 aromatic rings. The minimum atomic E-state index is -4.97. The summed E-state index contributed by atoms with van der Waals surface area (Å²) in [7, 11) is -9.93. The number of allylic oxidation sites excluding steroid dienone is 4. The van der Waals surface area contributed by atoms with Gasteiger partial charge < -0.3 is 33.8 Å². The van der Waals surface area contributed by atoms with Crippen molar-refractivity contribution in [3.63, 3.8) is 0 Å². The molecule has 3 N–H and O–H groups in total. The number of carbonyl (C=O) groups is 4. The van der Waals surface area contributed by atoms with Crippen LogP contribution >= 0.6 is 15.6 Å². The highest BCUT2D eigenvalue weighted by atomic mass is 31.2. The third-order valence-corrected chi connectivity index (χ3v) is 19.5. The van der Waals surface area contributed by atoms with Crippen molar-refractivity contribution < 1.29 is 80.2 Å². The quantitative estimate of drug-likeness (QED) is 0.0169. The topological polar surface area (TPSA) is 237 Å². The Bertz CT molecular complexity index is 1970. The first kappa shape index (κ1) is 94.5. The standard InChI is InChI=1S/C78H148O17P2/c1-7-9-11-13-15-17-19-21-23-24-25-26-28-30-34-38-42-50-56-62-77(82)94-73(66-88-75(80)60-54-48-41-37-33-29-27-22-20-18-16-14-12-10-8-2)68-92-96(84,85)90-64-72(79)65-91-97(86,87)93-69-74(67-89-76(81)61-55-49-45-44-47-53-59-71(5)6)95-78(83)63-57-51-43-39-35-31-32-36-40-46-52-58-70(3)4/h18,20,22,27,70-74,79H,7-17,19,21,23-26,28-69H2,1-6H3,(H,84,85)(H,86,87)/b20-18-,27-22-/t72-,73-,74-/m1/s1. The Labute approximate surface area is 592 Å². The van der Waals surface area contributed by atoms with Gasteiger partial charge in [-0.2, -0.15) is 0 Å². The summed E-state index contributed by atoms with van der Waals surface area (Å²) in [5, 5.41) is 10.6. The fourth-order valence-corrected chi connectivity index (χ4v) is 13.0. The zero-order chi connectivity index (χ0) is 71.4. The lowest BCUT2D eigenvalue weighted by molar-refractivity contribution is -0.161. The Morgan fingerprint density at radius 2 is 0.557 bits per heavy atom. The average Bonchev–Trinajstić information content (AvgIpc) is 2.51. The number of hydrogen-bond donors (Lipinski definition) is 3. The molecular weight excluding hydrogens is 1270 g/mol. The zero-order valence-electron chi connectivity index (χ0n) is 62.9. The number of ether oxygens (including phenoxy) is 4. The Hall–Kier alpha value is -2.46. The predicted octanol–water partition coefficient (Wildman–Crippen LogP) is 22.7. The van der Waals surface area contributed by atoms with E-state index >= 15 is 0 Å². The molecule has 0 radical (unpaired) electrons. The van der Waals surface area contributed by atoms with Gasteiger partial charge in [0.05, 0.1) is 26.4 Å². The molecule has 0 bridgehead atoms. The van der Waals surface area contributed by atoms with Crippen molar-refractivity contribution in [1.82, 2.24) is 0 Å². The number of phosphoric ester groups is 2. The average molecular weight is 1420 g/mol. The van der Waals surface area contributed by atoms with Crippen molar-refractivity contribution >= 4 is 39.5 Å². The second-order valence-corrected chi connectivity index (χ2v) is 31.3. The predicted molar refractivity (Wildman–Crippen MR) is 395 cm³/mol. The van der Waals surface area contributed by atoms with Gasteiger partial charge in [-0.1, -0.05) is 329 Å². The van der Waals surface area contributed by atoms with Crippen LogP contribution in [-0.4, -0.2) is 96.7 Å². The minimum Gasteiger partial charge on any atom is -0.462 e. The van der Waals surface area contributed by atoms with Crippen LogP contribution in [-0.2, 0) is 65.4 Å². The monoisotopic (exact) mass is 1420 g/mol. The van der Waals surface area contributed by atoms with Crippen molar-refractivity contribution in [2.75, 3.05) is 39.6 Å². The van der Waals surface area contributed by atoms with Crippen LogP contribution in [0, 0.1) is 11.8 Å². The summed E-state index contributed by atoms with van der Waals surface area (Å²) in [5.74, 6) is -0.705. The molecule has 0 saturated heterocycles. The van der Waals surface area contributed by atoms with Crippen molar-refractivity contribution in [2.24, 2.45) is 11.8 Å². The zero-order valence-corrected chi connectivity index (χ0v) is 64.7. The first-order valence-corrected chi connectivity index (χ1v) is 42.8. The number of esters is 4. The van der Waals surface area contributed by atoms with E-state index in [2.05, 4.69) is 65.8 Å². The fourth-order valence-electron chi connectivity index (χ4n) is 11.5. The number of rotatable bonds is 75. The smallest absolute Gasteiger partial charge is 0.462 e. The van der Waals surface area contributed by atoms with Gasteiger partial charge >= 0.3 is 39.5 Å². The number of unbranched alkanes of at least 4 members (excludes halogenated alkanes) is 42. The molecule has 0 aliphatic heterocycles. The van der Waals surface area contributed by atoms with Crippen molar-refractivity contribution in [1.29, 1.82) is 0 Å². The van der Waals surface area contributed by atoms with Gasteiger partial charge in [-0.25, -0.2) is 9.13 Å². The van der Waals surface area contributed by atoms with Crippen LogP contribution in [0.15, 0.2) is 24.3 Å². The largest absolute Gasteiger partial charge is 0.472 e. The highest BCUT2D eigenvalue weighted by Gasteiger charge is 2.30. The van der Waals surface area contributed by atoms with E-state index in [1.54, 1.807) is 0 Å². The molecule has 19 heteroatoms. The van der Waals surface area contributed by atoms with E-state index in [0.717, 1.165) is 121 Å². The molecule has 17 nitrogen and oxygen atoms in total. The summed E-state index contributed by atoms with van der Waals surface area (Å²) < 4.78 is 68.5. The van der Waals surface area contributed by atoms with Crippen molar-refractivity contribution in [3.05, 3.63) is 24.3 Å². The van der Waals surface area contributed by atoms with Crippen LogP contribution in [0.2, 0.25) is 0 Å². The van der Waals surface area contributed by atoms with Crippen molar-refractivity contribution in [2.45, 2.75) is 400 Å². The molecule has 97 heavy (non-hydrogen) atoms. The molecule has 0 aromatic carbocycles. The molecule has 0 saturated carbocycles. The summed E-state index contributed by atoms with van der Waals surface area (Å²) in [6, 6.07) is 0. The number of aliphatic hydroxyl groups is 1. The van der Waals surface area contributed by atoms with Crippen molar-refractivity contribution in [3.8, 4) is 0 Å². The fraction of sp³-hybridized carbons (Fsp3) is 0.897. The van der Waals surface area contributed by atoms with E-state index in [1.165, 1.54) is 173 Å². The molecule has 2 unspecified atom stereocenters. The van der Waals surface area contributed by atoms with Gasteiger partial charge in [-0.05, 0) is 63.2 Å². The van der Waals surface area contributed by atoms with E-state index in [1.807, 2.05) is 0 Å². The van der Waals surface area contributed by atoms with Crippen LogP contribution in [0.5, 0.6) is 0 Å². The molecule has 0 heterocycles. The number of phosphoric acid groups is 2. The SMILES string of the molecule is CCCCCC/C=C\C=C/CCCCCCCC(=O)OC[C@H](COP(=O)(O)OC[C@@H](O)COP(=O)(O)OC[C@@H](COC(=O)CCCCCCCCC(C)C)OC(=O)CCCCCCCCCCCCCC(C)C)OC(=O)CCCCCCCCCCCCCCCCCCCCC. The molecule has 0 amide bonds. The molecule has 5 atom stereocenters. The van der Waals surface area contributed by atoms with Crippen LogP contribution in [0.25, 0.3) is 0 Å². The van der Waals surface area contributed by atoms with E-state index in [-0.39, 0.29) is 25.7 Å². The molecule has 0 aromatic heterocycles. The molecule has 0 spiro atoms. The second kappa shape index (κ2) is 69.3. The summed E-state index contributed by atoms with van der Waals surface area (Å²) in [4.78, 5) is 72.8. The summed E-state index contributed by atoms with van der Waals surface area (Å²) in [6.07, 6.45) is 60.7. The third kappa shape index (κ3) is 71.7. The van der Waals surface area contributed by atoms with Gasteiger partial charge in [0.25, 0.3) is 0 Å². The first-order chi connectivity index (χ1) is 46.9. The number of aliphatic hydroxyl groups excluding tert-OH is 1. The molecule has 0 aliphatic carbocycles. The van der Waals surface area contributed by atoms with Gasteiger partial charge in [-0.3, -0.25) is 37.3 Å². The lowest BCUT2D eigenvalue weighted by Crippen LogP contribution is -2.30. The highest BCUT2D eigenvalue weighted by molar-refractivity contribution is 7.47. The Morgan fingerprint density at radius 3 is 0.845 bits per heavy atom. The van der Waals surface area contributed by atoms with Gasteiger partial charge in [0.1, 0.15) is 19.3 Å². The maximum absolute atomic E-state index is 13.1. The summed E-state index contributed by atoms with van der Waals surface area (Å²) in [5.41, 5.74) is 0. The van der Waals surface area contributed by atoms with E-state index in [9.17, 15) is 43.2 Å². The summed E-state index contributed by atoms with van der Waals surface area (Å²) >= 11 is 0. The Balaban J connectivity index is 5.26. The second-order valence-electron chi connectivity index (χ2n) is 28.4. The highest BCUT2D eigenvalue weighted by Crippen LogP contribution is 2.45. The van der Waals surface area contributed by atoms with Crippen LogP contribution in [0.1, 0.15) is 382 Å². The van der Waals surface area contributed by atoms with E-state index in [0.29, 0.717) is 31.6 Å². The van der Waals surface area contributed by atoms with Crippen LogP contribution < -0.4 is 0 Å². The van der Waals surface area contributed by atoms with E-state index in [4.69, 9.17) is 37.0 Å². The Kier molecular flexibility index (Phi) is 67.5. The normalized spacial score (nSPS) is 14.1. The number of hydrogen-bond acceptors (Lipinski definition) is 15. The molecule has 0 fully saturated rings. The molecule has 0 rings (SSSR count). The molecule has 0 aliphatic rings. The van der Waals surface area contributed by atoms with Gasteiger partial charge in [0.2, 0.25) is 0 Å². The lowest BCUT2D eigenvalue weighted by atomic mass is 10.0. The van der Waals surface area contributed by atoms with Crippen LogP contribution in [0.4, 0.5) is 0 Å². The van der Waals surface area contributed by atoms with E-state index < -0.39 is 97.5 Å². The van der Waals surface area contributed by atoms with Gasteiger partial charge in [-0.15, -0.1) is 0 Å². The molecular formula is C78H148O17P2.